The molecule has 1 aromatic heterocycles. The van der Waals surface area contributed by atoms with Crippen LogP contribution in [-0.4, -0.2) is 17.8 Å². The van der Waals surface area contributed by atoms with Crippen molar-refractivity contribution in [3.63, 3.8) is 0 Å². The van der Waals surface area contributed by atoms with E-state index in [0.29, 0.717) is 19.4 Å². The molecule has 1 aliphatic rings. The zero-order valence-corrected chi connectivity index (χ0v) is 11.0. The van der Waals surface area contributed by atoms with Crippen molar-refractivity contribution >= 4 is 22.9 Å². The van der Waals surface area contributed by atoms with Crippen LogP contribution in [0.5, 0.6) is 0 Å². The van der Waals surface area contributed by atoms with Gasteiger partial charge in [-0.2, -0.15) is 0 Å². The fraction of sp³-hybridized carbons (Fsp3) is 0.667. The maximum Gasteiger partial charge on any atom is 0.103 e. The van der Waals surface area contributed by atoms with E-state index in [1.165, 1.54) is 11.3 Å². The molecule has 4 heteroatoms. The first kappa shape index (κ1) is 12.4. The van der Waals surface area contributed by atoms with E-state index in [0.717, 1.165) is 22.1 Å². The van der Waals surface area contributed by atoms with E-state index in [-0.39, 0.29) is 6.10 Å². The van der Waals surface area contributed by atoms with Gasteiger partial charge < -0.3 is 9.84 Å². The Labute approximate surface area is 105 Å². The zero-order chi connectivity index (χ0) is 11.6. The molecule has 0 bridgehead atoms. The summed E-state index contributed by atoms with van der Waals surface area (Å²) >= 11 is 7.39. The highest BCUT2D eigenvalue weighted by molar-refractivity contribution is 7.16. The summed E-state index contributed by atoms with van der Waals surface area (Å²) < 4.78 is 6.39. The molecule has 0 saturated carbocycles. The molecule has 0 aromatic carbocycles. The standard InChI is InChI=1S/C12H17ClO2S/c1-2-3-9-8-12(14,6-7-15-9)10-4-5-11(13)16-10/h4-5,9,14H,2-3,6-8H2,1H3. The molecule has 1 aromatic rings. The van der Waals surface area contributed by atoms with E-state index >= 15 is 0 Å². The summed E-state index contributed by atoms with van der Waals surface area (Å²) in [6, 6.07) is 3.78. The first-order valence-electron chi connectivity index (χ1n) is 5.74. The van der Waals surface area contributed by atoms with Gasteiger partial charge in [-0.1, -0.05) is 24.9 Å². The van der Waals surface area contributed by atoms with Gasteiger partial charge >= 0.3 is 0 Å². The predicted molar refractivity (Wildman–Crippen MR) is 67.1 cm³/mol. The van der Waals surface area contributed by atoms with Crippen LogP contribution < -0.4 is 0 Å². The van der Waals surface area contributed by atoms with Crippen molar-refractivity contribution in [1.29, 1.82) is 0 Å². The lowest BCUT2D eigenvalue weighted by molar-refractivity contribution is -0.108. The van der Waals surface area contributed by atoms with Crippen LogP contribution in [-0.2, 0) is 10.3 Å². The minimum atomic E-state index is -0.726. The van der Waals surface area contributed by atoms with Crippen molar-refractivity contribution in [3.05, 3.63) is 21.3 Å². The first-order valence-corrected chi connectivity index (χ1v) is 6.93. The Morgan fingerprint density at radius 1 is 1.62 bits per heavy atom. The minimum Gasteiger partial charge on any atom is -0.384 e. The van der Waals surface area contributed by atoms with E-state index in [1.807, 2.05) is 12.1 Å². The van der Waals surface area contributed by atoms with Gasteiger partial charge in [-0.15, -0.1) is 11.3 Å². The summed E-state index contributed by atoms with van der Waals surface area (Å²) in [6.45, 7) is 2.77. The van der Waals surface area contributed by atoms with Gasteiger partial charge in [-0.3, -0.25) is 0 Å². The lowest BCUT2D eigenvalue weighted by atomic mass is 9.87. The number of ether oxygens (including phenoxy) is 1. The zero-order valence-electron chi connectivity index (χ0n) is 9.41. The Kier molecular flexibility index (Phi) is 3.90. The van der Waals surface area contributed by atoms with Gasteiger partial charge in [0.1, 0.15) is 5.60 Å². The maximum absolute atomic E-state index is 10.6. The van der Waals surface area contributed by atoms with Crippen LogP contribution in [0.3, 0.4) is 0 Å². The molecular formula is C12H17ClO2S. The van der Waals surface area contributed by atoms with Crippen LogP contribution >= 0.6 is 22.9 Å². The second-order valence-electron chi connectivity index (χ2n) is 4.37. The van der Waals surface area contributed by atoms with Gasteiger partial charge in [-0.05, 0) is 18.6 Å². The van der Waals surface area contributed by atoms with Crippen LogP contribution in [0.25, 0.3) is 0 Å². The molecule has 2 heterocycles. The van der Waals surface area contributed by atoms with Crippen molar-refractivity contribution < 1.29 is 9.84 Å². The van der Waals surface area contributed by atoms with E-state index in [9.17, 15) is 5.11 Å². The molecule has 1 aliphatic heterocycles. The Hall–Kier alpha value is -0.0900. The van der Waals surface area contributed by atoms with Gasteiger partial charge in [0.05, 0.1) is 17.0 Å². The highest BCUT2D eigenvalue weighted by atomic mass is 35.5. The quantitative estimate of drug-likeness (QED) is 0.900. The Morgan fingerprint density at radius 2 is 2.44 bits per heavy atom. The van der Waals surface area contributed by atoms with Gasteiger partial charge in [0.25, 0.3) is 0 Å². The van der Waals surface area contributed by atoms with Crippen molar-refractivity contribution in [3.8, 4) is 0 Å². The molecule has 1 fully saturated rings. The van der Waals surface area contributed by atoms with E-state index in [4.69, 9.17) is 16.3 Å². The van der Waals surface area contributed by atoms with Gasteiger partial charge in [0, 0.05) is 17.7 Å². The summed E-state index contributed by atoms with van der Waals surface area (Å²) in [5, 5.41) is 10.6. The molecule has 0 radical (unpaired) electrons. The largest absolute Gasteiger partial charge is 0.384 e. The molecular weight excluding hydrogens is 244 g/mol. The third-order valence-electron chi connectivity index (χ3n) is 3.08. The van der Waals surface area contributed by atoms with E-state index in [1.54, 1.807) is 0 Å². The monoisotopic (exact) mass is 260 g/mol. The molecule has 16 heavy (non-hydrogen) atoms. The van der Waals surface area contributed by atoms with Crippen LogP contribution in [0.15, 0.2) is 12.1 Å². The number of hydrogen-bond donors (Lipinski definition) is 1. The smallest absolute Gasteiger partial charge is 0.103 e. The lowest BCUT2D eigenvalue weighted by Crippen LogP contribution is -2.37. The molecule has 90 valence electrons. The summed E-state index contributed by atoms with van der Waals surface area (Å²) in [6.07, 6.45) is 3.65. The SMILES string of the molecule is CCCC1CC(O)(c2ccc(Cl)s2)CCO1. The Bertz CT molecular complexity index is 351. The molecule has 1 N–H and O–H groups in total. The Morgan fingerprint density at radius 3 is 3.06 bits per heavy atom. The van der Waals surface area contributed by atoms with Crippen LogP contribution in [0.1, 0.15) is 37.5 Å². The van der Waals surface area contributed by atoms with Crippen molar-refractivity contribution in [2.24, 2.45) is 0 Å². The predicted octanol–water partition coefficient (Wildman–Crippen LogP) is 3.57. The summed E-state index contributed by atoms with van der Waals surface area (Å²) in [5.41, 5.74) is -0.726. The number of thiophene rings is 1. The molecule has 2 rings (SSSR count). The molecule has 2 unspecified atom stereocenters. The van der Waals surface area contributed by atoms with Gasteiger partial charge in [0.15, 0.2) is 0 Å². The topological polar surface area (TPSA) is 29.5 Å². The summed E-state index contributed by atoms with van der Waals surface area (Å²) in [5.74, 6) is 0. The average molecular weight is 261 g/mol. The minimum absolute atomic E-state index is 0.185. The number of aliphatic hydroxyl groups is 1. The third kappa shape index (κ3) is 2.59. The van der Waals surface area contributed by atoms with Crippen molar-refractivity contribution in [1.82, 2.24) is 0 Å². The first-order chi connectivity index (χ1) is 7.64. The molecule has 0 amide bonds. The van der Waals surface area contributed by atoms with Crippen LogP contribution in [0.4, 0.5) is 0 Å². The van der Waals surface area contributed by atoms with E-state index < -0.39 is 5.60 Å². The number of rotatable bonds is 3. The normalized spacial score (nSPS) is 30.6. The Balaban J connectivity index is 2.11. The van der Waals surface area contributed by atoms with Crippen LogP contribution in [0, 0.1) is 0 Å². The highest BCUT2D eigenvalue weighted by Gasteiger charge is 2.37. The molecule has 0 aliphatic carbocycles. The van der Waals surface area contributed by atoms with E-state index in [2.05, 4.69) is 6.92 Å². The summed E-state index contributed by atoms with van der Waals surface area (Å²) in [7, 11) is 0. The average Bonchev–Trinajstić information content (AvgIpc) is 2.66. The van der Waals surface area contributed by atoms with Gasteiger partial charge in [0.2, 0.25) is 0 Å². The fourth-order valence-corrected chi connectivity index (χ4v) is 3.40. The van der Waals surface area contributed by atoms with Gasteiger partial charge in [-0.25, -0.2) is 0 Å². The highest BCUT2D eigenvalue weighted by Crippen LogP contribution is 2.40. The molecule has 2 atom stereocenters. The second-order valence-corrected chi connectivity index (χ2v) is 6.09. The molecule has 1 saturated heterocycles. The van der Waals surface area contributed by atoms with Crippen LogP contribution in [0.2, 0.25) is 4.34 Å². The fourth-order valence-electron chi connectivity index (χ4n) is 2.23. The third-order valence-corrected chi connectivity index (χ3v) is 4.50. The number of halogens is 1. The van der Waals surface area contributed by atoms with Crippen molar-refractivity contribution in [2.75, 3.05) is 6.61 Å². The summed E-state index contributed by atoms with van der Waals surface area (Å²) in [4.78, 5) is 0.974. The number of hydrogen-bond acceptors (Lipinski definition) is 3. The maximum atomic E-state index is 10.6. The van der Waals surface area contributed by atoms with Crippen molar-refractivity contribution in [2.45, 2.75) is 44.3 Å². The molecule has 2 nitrogen and oxygen atoms in total. The second kappa shape index (κ2) is 5.05. The lowest BCUT2D eigenvalue weighted by Gasteiger charge is -2.36. The molecule has 0 spiro atoms.